The van der Waals surface area contributed by atoms with Crippen LogP contribution in [0, 0.1) is 5.41 Å². The van der Waals surface area contributed by atoms with E-state index in [1.807, 2.05) is 54.6 Å². The Morgan fingerprint density at radius 1 is 1.11 bits per heavy atom. The van der Waals surface area contributed by atoms with Gasteiger partial charge < -0.3 is 20.1 Å². The third-order valence-electron chi connectivity index (χ3n) is 5.68. The Labute approximate surface area is 162 Å². The molecule has 1 amide bonds. The van der Waals surface area contributed by atoms with Crippen LogP contribution in [-0.2, 0) is 11.2 Å². The zero-order valence-corrected chi connectivity index (χ0v) is 15.3. The van der Waals surface area contributed by atoms with Crippen LogP contribution >= 0.6 is 0 Å². The molecular formula is C22H22N2O4. The number of rotatable bonds is 4. The average Bonchev–Trinajstić information content (AvgIpc) is 3.14. The van der Waals surface area contributed by atoms with E-state index in [1.54, 1.807) is 11.1 Å². The molecule has 3 aromatic rings. The van der Waals surface area contributed by atoms with Gasteiger partial charge in [-0.3, -0.25) is 9.59 Å². The number of nitrogens with one attached hydrogen (secondary N) is 1. The smallest absolute Gasteiger partial charge is 0.314 e. The van der Waals surface area contributed by atoms with Gasteiger partial charge in [0.2, 0.25) is 0 Å². The largest absolute Gasteiger partial charge is 0.481 e. The van der Waals surface area contributed by atoms with Crippen LogP contribution in [0.2, 0.25) is 0 Å². The molecule has 3 N–H and O–H groups in total. The molecule has 0 unspecified atom stereocenters. The van der Waals surface area contributed by atoms with Gasteiger partial charge in [0.1, 0.15) is 5.41 Å². The van der Waals surface area contributed by atoms with E-state index < -0.39 is 17.5 Å². The number of hydrogen-bond donors (Lipinski definition) is 3. The number of aliphatic hydroxyl groups is 1. The van der Waals surface area contributed by atoms with Gasteiger partial charge in [0.05, 0.1) is 11.7 Å². The van der Waals surface area contributed by atoms with E-state index in [4.69, 9.17) is 0 Å². The Morgan fingerprint density at radius 3 is 2.57 bits per heavy atom. The molecule has 4 rings (SSSR count). The summed E-state index contributed by atoms with van der Waals surface area (Å²) in [6.45, 7) is 0.292. The molecule has 6 heteroatoms. The van der Waals surface area contributed by atoms with E-state index >= 15 is 0 Å². The Kier molecular flexibility index (Phi) is 4.65. The van der Waals surface area contributed by atoms with E-state index in [0.717, 1.165) is 16.5 Å². The molecule has 0 radical (unpaired) electrons. The maximum atomic E-state index is 13.2. The molecule has 2 aromatic carbocycles. The number of benzene rings is 2. The van der Waals surface area contributed by atoms with Gasteiger partial charge in [0.15, 0.2) is 0 Å². The quantitative estimate of drug-likeness (QED) is 0.651. The second-order valence-corrected chi connectivity index (χ2v) is 7.40. The number of carbonyl (C=O) groups is 2. The molecule has 2 atom stereocenters. The van der Waals surface area contributed by atoms with Crippen LogP contribution in [0.15, 0.2) is 60.8 Å². The van der Waals surface area contributed by atoms with E-state index in [2.05, 4.69) is 4.98 Å². The number of amides is 1. The molecule has 1 fully saturated rings. The first kappa shape index (κ1) is 18.3. The SMILES string of the molecule is O=C(c1c[nH]c2ccccc12)N1CC[C@H](O)[C@](Cc2ccccc2)(C(=O)O)C1. The Hall–Kier alpha value is -3.12. The number of aliphatic carboxylic acids is 1. The topological polar surface area (TPSA) is 93.6 Å². The van der Waals surface area contributed by atoms with E-state index in [0.29, 0.717) is 12.1 Å². The van der Waals surface area contributed by atoms with Crippen LogP contribution in [0.1, 0.15) is 22.3 Å². The van der Waals surface area contributed by atoms with Crippen LogP contribution < -0.4 is 0 Å². The number of nitrogens with zero attached hydrogens (tertiary/aromatic N) is 1. The molecule has 0 aliphatic carbocycles. The molecule has 0 bridgehead atoms. The summed E-state index contributed by atoms with van der Waals surface area (Å²) in [4.78, 5) is 30.1. The van der Waals surface area contributed by atoms with Gasteiger partial charge >= 0.3 is 5.97 Å². The number of fused-ring (bicyclic) bond motifs is 1. The lowest BCUT2D eigenvalue weighted by Crippen LogP contribution is -2.58. The third-order valence-corrected chi connectivity index (χ3v) is 5.68. The first-order chi connectivity index (χ1) is 13.5. The fourth-order valence-electron chi connectivity index (χ4n) is 4.09. The number of hydrogen-bond acceptors (Lipinski definition) is 3. The monoisotopic (exact) mass is 378 g/mol. The number of aromatic amines is 1. The van der Waals surface area contributed by atoms with Crippen molar-refractivity contribution in [3.63, 3.8) is 0 Å². The lowest BCUT2D eigenvalue weighted by Gasteiger charge is -2.43. The molecule has 1 aromatic heterocycles. The highest BCUT2D eigenvalue weighted by Crippen LogP contribution is 2.35. The summed E-state index contributed by atoms with van der Waals surface area (Å²) in [5.41, 5.74) is 0.773. The van der Waals surface area contributed by atoms with Crippen LogP contribution in [-0.4, -0.2) is 51.2 Å². The summed E-state index contributed by atoms with van der Waals surface area (Å²) in [5.74, 6) is -1.30. The second kappa shape index (κ2) is 7.13. The van der Waals surface area contributed by atoms with Crippen molar-refractivity contribution in [2.24, 2.45) is 5.41 Å². The predicted molar refractivity (Wildman–Crippen MR) is 105 cm³/mol. The van der Waals surface area contributed by atoms with Crippen molar-refractivity contribution < 1.29 is 19.8 Å². The maximum Gasteiger partial charge on any atom is 0.314 e. The van der Waals surface area contributed by atoms with Gasteiger partial charge in [-0.1, -0.05) is 48.5 Å². The number of para-hydroxylation sites is 1. The molecule has 28 heavy (non-hydrogen) atoms. The number of piperidine rings is 1. The summed E-state index contributed by atoms with van der Waals surface area (Å²) in [6.07, 6.45) is 1.05. The predicted octanol–water partition coefficient (Wildman–Crippen LogP) is 2.69. The average molecular weight is 378 g/mol. The van der Waals surface area contributed by atoms with Gasteiger partial charge in [-0.25, -0.2) is 0 Å². The van der Waals surface area contributed by atoms with Gasteiger partial charge in [-0.2, -0.15) is 0 Å². The first-order valence-corrected chi connectivity index (χ1v) is 9.32. The number of aromatic nitrogens is 1. The van der Waals surface area contributed by atoms with Crippen molar-refractivity contribution >= 4 is 22.8 Å². The molecule has 144 valence electrons. The molecule has 0 saturated carbocycles. The normalized spacial score (nSPS) is 22.3. The lowest BCUT2D eigenvalue weighted by atomic mass is 9.72. The van der Waals surface area contributed by atoms with E-state index in [9.17, 15) is 19.8 Å². The van der Waals surface area contributed by atoms with Crippen LogP contribution in [0.5, 0.6) is 0 Å². The summed E-state index contributed by atoms with van der Waals surface area (Å²) in [6, 6.07) is 16.7. The summed E-state index contributed by atoms with van der Waals surface area (Å²) < 4.78 is 0. The molecule has 1 aliphatic rings. The van der Waals surface area contributed by atoms with E-state index in [-0.39, 0.29) is 25.3 Å². The minimum Gasteiger partial charge on any atom is -0.481 e. The summed E-state index contributed by atoms with van der Waals surface area (Å²) in [5, 5.41) is 21.5. The van der Waals surface area contributed by atoms with Crippen LogP contribution in [0.4, 0.5) is 0 Å². The summed E-state index contributed by atoms with van der Waals surface area (Å²) >= 11 is 0. The molecule has 6 nitrogen and oxygen atoms in total. The van der Waals surface area contributed by atoms with Crippen molar-refractivity contribution in [1.29, 1.82) is 0 Å². The highest BCUT2D eigenvalue weighted by molar-refractivity contribution is 6.06. The molecule has 1 aliphatic heterocycles. The number of aliphatic hydroxyl groups excluding tert-OH is 1. The molecule has 2 heterocycles. The summed E-state index contributed by atoms with van der Waals surface area (Å²) in [7, 11) is 0. The van der Waals surface area contributed by atoms with Crippen molar-refractivity contribution in [1.82, 2.24) is 9.88 Å². The lowest BCUT2D eigenvalue weighted by molar-refractivity contribution is -0.161. The van der Waals surface area contributed by atoms with E-state index in [1.165, 1.54) is 0 Å². The highest BCUT2D eigenvalue weighted by Gasteiger charge is 2.50. The van der Waals surface area contributed by atoms with Gasteiger partial charge in [0.25, 0.3) is 5.91 Å². The van der Waals surface area contributed by atoms with Gasteiger partial charge in [-0.15, -0.1) is 0 Å². The van der Waals surface area contributed by atoms with Crippen LogP contribution in [0.3, 0.4) is 0 Å². The van der Waals surface area contributed by atoms with Crippen molar-refractivity contribution in [2.45, 2.75) is 18.9 Å². The molecular weight excluding hydrogens is 356 g/mol. The number of carboxylic acids is 1. The number of likely N-dealkylation sites (tertiary alicyclic amines) is 1. The van der Waals surface area contributed by atoms with Crippen LogP contribution in [0.25, 0.3) is 10.9 Å². The van der Waals surface area contributed by atoms with Crippen molar-refractivity contribution in [3.8, 4) is 0 Å². The molecule has 1 saturated heterocycles. The van der Waals surface area contributed by atoms with Crippen molar-refractivity contribution in [2.75, 3.05) is 13.1 Å². The standard InChI is InChI=1S/C22H22N2O4/c25-19-10-11-24(20(26)17-13-23-18-9-5-4-8-16(17)18)14-22(19,21(27)28)12-15-6-2-1-3-7-15/h1-9,13,19,23,25H,10-12,14H2,(H,27,28)/t19-,22+/m0/s1. The number of carbonyl (C=O) groups excluding carboxylic acids is 1. The second-order valence-electron chi connectivity index (χ2n) is 7.40. The van der Waals surface area contributed by atoms with Gasteiger partial charge in [0, 0.05) is 30.2 Å². The van der Waals surface area contributed by atoms with Gasteiger partial charge in [-0.05, 0) is 24.5 Å². The number of carboxylic acid groups (broad SMARTS) is 1. The fourth-order valence-corrected chi connectivity index (χ4v) is 4.09. The third kappa shape index (κ3) is 3.05. The number of H-pyrrole nitrogens is 1. The Balaban J connectivity index is 1.66. The Morgan fingerprint density at radius 2 is 1.82 bits per heavy atom. The minimum absolute atomic E-state index is 0.0310. The maximum absolute atomic E-state index is 13.2. The Bertz CT molecular complexity index is 1010. The minimum atomic E-state index is -1.43. The van der Waals surface area contributed by atoms with Crippen molar-refractivity contribution in [3.05, 3.63) is 71.9 Å². The highest BCUT2D eigenvalue weighted by atomic mass is 16.4. The zero-order chi connectivity index (χ0) is 19.7. The first-order valence-electron chi connectivity index (χ1n) is 9.32. The fraction of sp³-hybridized carbons (Fsp3) is 0.273. The molecule has 0 spiro atoms. The zero-order valence-electron chi connectivity index (χ0n) is 15.3.